The molecular weight excluding hydrogens is 214 g/mol. The fraction of sp³-hybridized carbons (Fsp3) is 0.0769. The maximum atomic E-state index is 5.10. The van der Waals surface area contributed by atoms with Crippen molar-refractivity contribution in [2.24, 2.45) is 0 Å². The lowest BCUT2D eigenvalue weighted by molar-refractivity contribution is 0.396. The van der Waals surface area contributed by atoms with Crippen molar-refractivity contribution in [3.05, 3.63) is 48.8 Å². The lowest BCUT2D eigenvalue weighted by atomic mass is 10.2. The molecule has 0 radical (unpaired) electrons. The van der Waals surface area contributed by atoms with Crippen molar-refractivity contribution in [2.75, 3.05) is 7.11 Å². The van der Waals surface area contributed by atoms with Crippen molar-refractivity contribution in [3.63, 3.8) is 0 Å². The van der Waals surface area contributed by atoms with E-state index in [4.69, 9.17) is 4.74 Å². The Morgan fingerprint density at radius 3 is 2.88 bits per heavy atom. The van der Waals surface area contributed by atoms with E-state index in [0.717, 1.165) is 5.52 Å². The molecule has 0 aliphatic rings. The van der Waals surface area contributed by atoms with E-state index in [1.807, 2.05) is 35.0 Å². The minimum Gasteiger partial charge on any atom is -0.481 e. The average molecular weight is 225 g/mol. The topological polar surface area (TPSA) is 39.9 Å². The van der Waals surface area contributed by atoms with Crippen molar-refractivity contribution in [1.82, 2.24) is 14.5 Å². The van der Waals surface area contributed by atoms with Gasteiger partial charge in [-0.3, -0.25) is 4.57 Å². The molecule has 2 aromatic heterocycles. The Hall–Kier alpha value is -2.36. The van der Waals surface area contributed by atoms with Crippen LogP contribution >= 0.6 is 0 Å². The molecule has 3 rings (SSSR count). The highest BCUT2D eigenvalue weighted by Crippen LogP contribution is 2.18. The first-order valence-electron chi connectivity index (χ1n) is 5.32. The molecule has 0 amide bonds. The fourth-order valence-corrected chi connectivity index (χ4v) is 1.82. The van der Waals surface area contributed by atoms with Crippen LogP contribution in [-0.2, 0) is 0 Å². The Morgan fingerprint density at radius 1 is 1.12 bits per heavy atom. The number of methoxy groups -OCH3 is 1. The van der Waals surface area contributed by atoms with E-state index in [0.29, 0.717) is 11.8 Å². The standard InChI is InChI=1S/C13H11N3O/c1-17-12-6-8-14-13(15-12)16-9-7-10-4-2-3-5-11(10)16/h2-9H,1H3. The third-order valence-corrected chi connectivity index (χ3v) is 2.64. The van der Waals surface area contributed by atoms with E-state index in [9.17, 15) is 0 Å². The quantitative estimate of drug-likeness (QED) is 0.672. The van der Waals surface area contributed by atoms with Gasteiger partial charge in [0.15, 0.2) is 0 Å². The second-order valence-corrected chi connectivity index (χ2v) is 3.64. The van der Waals surface area contributed by atoms with E-state index in [1.165, 1.54) is 5.39 Å². The SMILES string of the molecule is COc1ccnc(-n2ccc3ccccc32)n1. The Labute approximate surface area is 98.5 Å². The number of ether oxygens (including phenoxy) is 1. The Morgan fingerprint density at radius 2 is 2.00 bits per heavy atom. The van der Waals surface area contributed by atoms with Crippen LogP contribution in [0.1, 0.15) is 0 Å². The molecule has 17 heavy (non-hydrogen) atoms. The van der Waals surface area contributed by atoms with Gasteiger partial charge in [0.2, 0.25) is 11.8 Å². The lowest BCUT2D eigenvalue weighted by Crippen LogP contribution is -2.00. The number of hydrogen-bond acceptors (Lipinski definition) is 3. The first kappa shape index (κ1) is 9.84. The molecule has 0 saturated carbocycles. The number of hydrogen-bond donors (Lipinski definition) is 0. The molecule has 0 unspecified atom stereocenters. The van der Waals surface area contributed by atoms with Crippen LogP contribution in [-0.4, -0.2) is 21.6 Å². The van der Waals surface area contributed by atoms with Crippen LogP contribution in [0, 0.1) is 0 Å². The van der Waals surface area contributed by atoms with Gasteiger partial charge in [-0.1, -0.05) is 18.2 Å². The molecule has 0 aliphatic carbocycles. The zero-order chi connectivity index (χ0) is 11.7. The van der Waals surface area contributed by atoms with Gasteiger partial charge in [0.1, 0.15) is 0 Å². The lowest BCUT2D eigenvalue weighted by Gasteiger charge is -2.04. The summed E-state index contributed by atoms with van der Waals surface area (Å²) in [5.74, 6) is 1.18. The molecule has 4 nitrogen and oxygen atoms in total. The zero-order valence-electron chi connectivity index (χ0n) is 9.37. The van der Waals surface area contributed by atoms with E-state index < -0.39 is 0 Å². The van der Waals surface area contributed by atoms with E-state index in [1.54, 1.807) is 19.4 Å². The summed E-state index contributed by atoms with van der Waals surface area (Å²) in [7, 11) is 1.60. The molecule has 4 heteroatoms. The second-order valence-electron chi connectivity index (χ2n) is 3.64. The molecule has 3 aromatic rings. The van der Waals surface area contributed by atoms with Crippen molar-refractivity contribution >= 4 is 10.9 Å². The largest absolute Gasteiger partial charge is 0.481 e. The number of nitrogens with zero attached hydrogens (tertiary/aromatic N) is 3. The number of rotatable bonds is 2. The first-order chi connectivity index (χ1) is 8.38. The summed E-state index contributed by atoms with van der Waals surface area (Å²) in [6.07, 6.45) is 3.65. The molecule has 0 atom stereocenters. The molecule has 0 aliphatic heterocycles. The average Bonchev–Trinajstić information content (AvgIpc) is 2.82. The van der Waals surface area contributed by atoms with Crippen molar-refractivity contribution in [1.29, 1.82) is 0 Å². The maximum absolute atomic E-state index is 5.10. The number of benzene rings is 1. The molecule has 0 bridgehead atoms. The normalized spacial score (nSPS) is 10.6. The van der Waals surface area contributed by atoms with Crippen molar-refractivity contribution < 1.29 is 4.74 Å². The van der Waals surface area contributed by atoms with Gasteiger partial charge in [0.05, 0.1) is 12.6 Å². The van der Waals surface area contributed by atoms with E-state index in [2.05, 4.69) is 16.0 Å². The molecule has 0 fully saturated rings. The van der Waals surface area contributed by atoms with Crippen LogP contribution in [0.3, 0.4) is 0 Å². The van der Waals surface area contributed by atoms with Gasteiger partial charge in [-0.2, -0.15) is 4.98 Å². The predicted molar refractivity (Wildman–Crippen MR) is 65.4 cm³/mol. The number of aromatic nitrogens is 3. The highest BCUT2D eigenvalue weighted by atomic mass is 16.5. The maximum Gasteiger partial charge on any atom is 0.237 e. The van der Waals surface area contributed by atoms with Crippen LogP contribution in [0.15, 0.2) is 48.8 Å². The van der Waals surface area contributed by atoms with Crippen LogP contribution in [0.5, 0.6) is 5.88 Å². The third kappa shape index (κ3) is 1.63. The van der Waals surface area contributed by atoms with Crippen molar-refractivity contribution in [3.8, 4) is 11.8 Å². The predicted octanol–water partition coefficient (Wildman–Crippen LogP) is 2.43. The highest BCUT2D eigenvalue weighted by Gasteiger charge is 2.05. The second kappa shape index (κ2) is 3.90. The van der Waals surface area contributed by atoms with Crippen molar-refractivity contribution in [2.45, 2.75) is 0 Å². The first-order valence-corrected chi connectivity index (χ1v) is 5.32. The minimum absolute atomic E-state index is 0.563. The fourth-order valence-electron chi connectivity index (χ4n) is 1.82. The highest BCUT2D eigenvalue weighted by molar-refractivity contribution is 5.81. The minimum atomic E-state index is 0.563. The molecular formula is C13H11N3O. The smallest absolute Gasteiger partial charge is 0.237 e. The van der Waals surface area contributed by atoms with Crippen LogP contribution in [0.2, 0.25) is 0 Å². The van der Waals surface area contributed by atoms with Crippen LogP contribution in [0.4, 0.5) is 0 Å². The van der Waals surface area contributed by atoms with Gasteiger partial charge >= 0.3 is 0 Å². The Kier molecular flexibility index (Phi) is 2.26. The summed E-state index contributed by atoms with van der Waals surface area (Å²) < 4.78 is 7.04. The summed E-state index contributed by atoms with van der Waals surface area (Å²) in [5.41, 5.74) is 1.08. The van der Waals surface area contributed by atoms with Gasteiger partial charge in [0.25, 0.3) is 0 Å². The number of para-hydroxylation sites is 1. The van der Waals surface area contributed by atoms with Gasteiger partial charge in [0, 0.05) is 23.8 Å². The van der Waals surface area contributed by atoms with Crippen LogP contribution < -0.4 is 4.74 Å². The summed E-state index contributed by atoms with van der Waals surface area (Å²) in [5, 5.41) is 1.17. The van der Waals surface area contributed by atoms with Gasteiger partial charge in [-0.05, 0) is 12.1 Å². The third-order valence-electron chi connectivity index (χ3n) is 2.64. The molecule has 0 spiro atoms. The van der Waals surface area contributed by atoms with Gasteiger partial charge in [-0.15, -0.1) is 0 Å². The zero-order valence-corrected chi connectivity index (χ0v) is 9.37. The van der Waals surface area contributed by atoms with Gasteiger partial charge < -0.3 is 4.74 Å². The summed E-state index contributed by atoms with van der Waals surface area (Å²) in [4.78, 5) is 8.57. The molecule has 0 N–H and O–H groups in total. The Balaban J connectivity index is 2.20. The van der Waals surface area contributed by atoms with E-state index in [-0.39, 0.29) is 0 Å². The summed E-state index contributed by atoms with van der Waals surface area (Å²) >= 11 is 0. The van der Waals surface area contributed by atoms with Gasteiger partial charge in [-0.25, -0.2) is 4.98 Å². The molecule has 84 valence electrons. The van der Waals surface area contributed by atoms with E-state index >= 15 is 0 Å². The number of fused-ring (bicyclic) bond motifs is 1. The monoisotopic (exact) mass is 225 g/mol. The summed E-state index contributed by atoms with van der Waals surface area (Å²) in [6, 6.07) is 11.9. The Bertz CT molecular complexity index is 660. The van der Waals surface area contributed by atoms with Crippen LogP contribution in [0.25, 0.3) is 16.9 Å². The molecule has 2 heterocycles. The summed E-state index contributed by atoms with van der Waals surface area (Å²) in [6.45, 7) is 0. The molecule has 1 aromatic carbocycles. The molecule has 0 saturated heterocycles.